The van der Waals surface area contributed by atoms with Crippen LogP contribution in [0.2, 0.25) is 0 Å². The summed E-state index contributed by atoms with van der Waals surface area (Å²) < 4.78 is 26.2. The predicted octanol–water partition coefficient (Wildman–Crippen LogP) is 2.01. The van der Waals surface area contributed by atoms with Crippen molar-refractivity contribution in [1.82, 2.24) is 9.97 Å². The lowest BCUT2D eigenvalue weighted by molar-refractivity contribution is 0.0961. The largest absolute Gasteiger partial charge is 0.379 e. The van der Waals surface area contributed by atoms with Crippen molar-refractivity contribution in [1.29, 1.82) is 0 Å². The van der Waals surface area contributed by atoms with Crippen LogP contribution in [0.3, 0.4) is 0 Å². The van der Waals surface area contributed by atoms with E-state index in [1.807, 2.05) is 0 Å². The highest BCUT2D eigenvalue weighted by Gasteiger charge is 2.28. The Bertz CT molecular complexity index is 509. The molecule has 0 saturated heterocycles. The fourth-order valence-corrected chi connectivity index (χ4v) is 1.53. The van der Waals surface area contributed by atoms with Gasteiger partial charge >= 0.3 is 0 Å². The maximum absolute atomic E-state index is 13.1. The molecule has 1 aromatic carbocycles. The fourth-order valence-electron chi connectivity index (χ4n) is 1.53. The Morgan fingerprint density at radius 1 is 1.12 bits per heavy atom. The summed E-state index contributed by atoms with van der Waals surface area (Å²) in [6, 6.07) is 2.88. The minimum Gasteiger partial charge on any atom is -0.379 e. The van der Waals surface area contributed by atoms with E-state index in [1.165, 1.54) is 25.5 Å². The topological polar surface area (TPSA) is 46.0 Å². The third kappa shape index (κ3) is 2.29. The number of hydrogen-bond acceptors (Lipinski definition) is 3. The van der Waals surface area contributed by atoms with E-state index in [9.17, 15) is 13.9 Å². The first-order valence-electron chi connectivity index (χ1n) is 4.95. The molecule has 88 valence electrons. The van der Waals surface area contributed by atoms with Crippen molar-refractivity contribution in [2.75, 3.05) is 0 Å². The van der Waals surface area contributed by atoms with E-state index >= 15 is 0 Å². The third-order valence-corrected chi connectivity index (χ3v) is 2.49. The highest BCUT2D eigenvalue weighted by Crippen LogP contribution is 2.28. The van der Waals surface area contributed by atoms with Crippen molar-refractivity contribution in [3.63, 3.8) is 0 Å². The average Bonchev–Trinajstić information content (AvgIpc) is 2.29. The zero-order chi connectivity index (χ0) is 12.5. The average molecular weight is 236 g/mol. The van der Waals surface area contributed by atoms with Gasteiger partial charge in [0, 0.05) is 18.5 Å². The molecule has 1 heterocycles. The van der Waals surface area contributed by atoms with Gasteiger partial charge in [-0.3, -0.25) is 9.97 Å². The van der Waals surface area contributed by atoms with Crippen LogP contribution < -0.4 is 0 Å². The standard InChI is InChI=1S/C12H10F2N2O/c1-12(17,11-7-15-2-3-16-11)8-4-9(13)6-10(14)5-8/h2-7,17H,1H3. The first-order valence-corrected chi connectivity index (χ1v) is 4.95. The van der Waals surface area contributed by atoms with Crippen LogP contribution in [0.4, 0.5) is 8.78 Å². The summed E-state index contributed by atoms with van der Waals surface area (Å²) in [5.74, 6) is -1.49. The molecule has 2 aromatic rings. The van der Waals surface area contributed by atoms with Crippen molar-refractivity contribution < 1.29 is 13.9 Å². The van der Waals surface area contributed by atoms with E-state index in [2.05, 4.69) is 9.97 Å². The van der Waals surface area contributed by atoms with Crippen molar-refractivity contribution in [2.45, 2.75) is 12.5 Å². The van der Waals surface area contributed by atoms with Crippen LogP contribution >= 0.6 is 0 Å². The molecule has 1 aromatic heterocycles. The van der Waals surface area contributed by atoms with Crippen LogP contribution in [0.1, 0.15) is 18.2 Å². The Hall–Kier alpha value is -1.88. The smallest absolute Gasteiger partial charge is 0.130 e. The number of rotatable bonds is 2. The molecule has 1 unspecified atom stereocenters. The highest BCUT2D eigenvalue weighted by atomic mass is 19.1. The van der Waals surface area contributed by atoms with E-state index in [-0.39, 0.29) is 11.3 Å². The Morgan fingerprint density at radius 3 is 2.29 bits per heavy atom. The summed E-state index contributed by atoms with van der Waals surface area (Å²) in [7, 11) is 0. The number of nitrogens with zero attached hydrogens (tertiary/aromatic N) is 2. The molecule has 0 fully saturated rings. The summed E-state index contributed by atoms with van der Waals surface area (Å²) in [5.41, 5.74) is -1.27. The van der Waals surface area contributed by atoms with Crippen LogP contribution in [-0.2, 0) is 5.60 Å². The predicted molar refractivity (Wildman–Crippen MR) is 57.1 cm³/mol. The molecule has 1 atom stereocenters. The zero-order valence-electron chi connectivity index (χ0n) is 9.06. The highest BCUT2D eigenvalue weighted by molar-refractivity contribution is 5.30. The van der Waals surface area contributed by atoms with E-state index in [4.69, 9.17) is 0 Å². The van der Waals surface area contributed by atoms with Gasteiger partial charge in [-0.2, -0.15) is 0 Å². The Labute approximate surface area is 96.8 Å². The van der Waals surface area contributed by atoms with E-state index in [0.717, 1.165) is 18.2 Å². The fraction of sp³-hybridized carbons (Fsp3) is 0.167. The van der Waals surface area contributed by atoms with Crippen LogP contribution in [0.5, 0.6) is 0 Å². The molecule has 0 radical (unpaired) electrons. The van der Waals surface area contributed by atoms with Gasteiger partial charge in [0.1, 0.15) is 17.2 Å². The van der Waals surface area contributed by atoms with Crippen LogP contribution in [-0.4, -0.2) is 15.1 Å². The molecule has 17 heavy (non-hydrogen) atoms. The lowest BCUT2D eigenvalue weighted by Crippen LogP contribution is -2.24. The molecule has 0 aliphatic rings. The SMILES string of the molecule is CC(O)(c1cc(F)cc(F)c1)c1cnccn1. The molecule has 3 nitrogen and oxygen atoms in total. The van der Waals surface area contributed by atoms with Crippen LogP contribution in [0.15, 0.2) is 36.8 Å². The monoisotopic (exact) mass is 236 g/mol. The Kier molecular flexibility index (Phi) is 2.85. The molecule has 0 spiro atoms. The van der Waals surface area contributed by atoms with E-state index < -0.39 is 17.2 Å². The summed E-state index contributed by atoms with van der Waals surface area (Å²) >= 11 is 0. The Balaban J connectivity index is 2.51. The van der Waals surface area contributed by atoms with Crippen LogP contribution in [0, 0.1) is 11.6 Å². The minimum atomic E-state index is -1.59. The van der Waals surface area contributed by atoms with E-state index in [1.54, 1.807) is 0 Å². The van der Waals surface area contributed by atoms with Gasteiger partial charge in [-0.05, 0) is 24.6 Å². The van der Waals surface area contributed by atoms with Gasteiger partial charge in [0.25, 0.3) is 0 Å². The van der Waals surface area contributed by atoms with Crippen LogP contribution in [0.25, 0.3) is 0 Å². The second-order valence-corrected chi connectivity index (χ2v) is 3.82. The second kappa shape index (κ2) is 4.18. The first-order chi connectivity index (χ1) is 8.00. The van der Waals surface area contributed by atoms with Gasteiger partial charge < -0.3 is 5.11 Å². The molecule has 2 rings (SSSR count). The van der Waals surface area contributed by atoms with Crippen molar-refractivity contribution in [3.8, 4) is 0 Å². The molecule has 0 amide bonds. The summed E-state index contributed by atoms with van der Waals surface area (Å²) in [4.78, 5) is 7.74. The maximum atomic E-state index is 13.1. The molecule has 5 heteroatoms. The number of benzene rings is 1. The molecular formula is C12H10F2N2O. The van der Waals surface area contributed by atoms with Gasteiger partial charge in [0.05, 0.1) is 11.9 Å². The van der Waals surface area contributed by atoms with Crippen molar-refractivity contribution in [3.05, 3.63) is 59.7 Å². The molecule has 1 N–H and O–H groups in total. The molecule has 0 aliphatic carbocycles. The lowest BCUT2D eigenvalue weighted by Gasteiger charge is -2.22. The Morgan fingerprint density at radius 2 is 1.76 bits per heavy atom. The molecule has 0 aliphatic heterocycles. The van der Waals surface area contributed by atoms with E-state index in [0.29, 0.717) is 0 Å². The van der Waals surface area contributed by atoms with Crippen molar-refractivity contribution >= 4 is 0 Å². The van der Waals surface area contributed by atoms with Crippen molar-refractivity contribution in [2.24, 2.45) is 0 Å². The molecule has 0 saturated carbocycles. The van der Waals surface area contributed by atoms with Gasteiger partial charge in [0.15, 0.2) is 0 Å². The molecule has 0 bridgehead atoms. The number of halogens is 2. The van der Waals surface area contributed by atoms with Gasteiger partial charge in [-0.15, -0.1) is 0 Å². The zero-order valence-corrected chi connectivity index (χ0v) is 9.06. The van der Waals surface area contributed by atoms with Gasteiger partial charge in [0.2, 0.25) is 0 Å². The maximum Gasteiger partial charge on any atom is 0.130 e. The number of hydrogen-bond donors (Lipinski definition) is 1. The molecular weight excluding hydrogens is 226 g/mol. The first kappa shape index (κ1) is 11.6. The third-order valence-electron chi connectivity index (χ3n) is 2.49. The summed E-state index contributed by atoms with van der Waals surface area (Å²) in [5, 5.41) is 10.3. The number of aliphatic hydroxyl groups is 1. The quantitative estimate of drug-likeness (QED) is 0.867. The second-order valence-electron chi connectivity index (χ2n) is 3.82. The van der Waals surface area contributed by atoms with Gasteiger partial charge in [-0.1, -0.05) is 0 Å². The summed E-state index contributed by atoms with van der Waals surface area (Å²) in [6.07, 6.45) is 4.20. The normalized spacial score (nSPS) is 14.4. The minimum absolute atomic E-state index is 0.0931. The number of aromatic nitrogens is 2. The van der Waals surface area contributed by atoms with Gasteiger partial charge in [-0.25, -0.2) is 8.78 Å². The summed E-state index contributed by atoms with van der Waals surface area (Å²) in [6.45, 7) is 1.41. The lowest BCUT2D eigenvalue weighted by atomic mass is 9.92.